The van der Waals surface area contributed by atoms with Gasteiger partial charge in [-0.15, -0.1) is 12.4 Å². The first-order valence-electron chi connectivity index (χ1n) is 4.42. The highest BCUT2D eigenvalue weighted by molar-refractivity contribution is 6.07. The summed E-state index contributed by atoms with van der Waals surface area (Å²) in [6.07, 6.45) is 1.55. The van der Waals surface area contributed by atoms with Gasteiger partial charge in [0.25, 0.3) is 5.91 Å². The number of hydrogen-bond donors (Lipinski definition) is 3. The fourth-order valence-corrected chi connectivity index (χ4v) is 1.71. The number of aryl methyl sites for hydroxylation is 1. The molecule has 1 aliphatic rings. The molecular formula is C8H12ClN5O2. The molecule has 0 aromatic carbocycles. The summed E-state index contributed by atoms with van der Waals surface area (Å²) in [4.78, 5) is 22.8. The highest BCUT2D eigenvalue weighted by Crippen LogP contribution is 2.22. The van der Waals surface area contributed by atoms with Crippen LogP contribution in [0, 0.1) is 0 Å². The molecular weight excluding hydrogens is 234 g/mol. The Morgan fingerprint density at radius 1 is 1.56 bits per heavy atom. The molecule has 8 heteroatoms. The van der Waals surface area contributed by atoms with Crippen molar-refractivity contribution in [2.24, 2.45) is 12.8 Å². The van der Waals surface area contributed by atoms with Gasteiger partial charge in [0.1, 0.15) is 0 Å². The van der Waals surface area contributed by atoms with E-state index in [1.165, 1.54) is 4.68 Å². The van der Waals surface area contributed by atoms with Crippen molar-refractivity contribution < 1.29 is 9.59 Å². The van der Waals surface area contributed by atoms with E-state index < -0.39 is 17.5 Å². The maximum absolute atomic E-state index is 11.7. The van der Waals surface area contributed by atoms with E-state index in [2.05, 4.69) is 15.7 Å². The Kier molecular flexibility index (Phi) is 3.20. The normalized spacial score (nSPS) is 23.6. The second-order valence-electron chi connectivity index (χ2n) is 3.36. The molecule has 0 saturated carbocycles. The average molecular weight is 246 g/mol. The van der Waals surface area contributed by atoms with Crippen LogP contribution in [0.5, 0.6) is 0 Å². The van der Waals surface area contributed by atoms with Crippen LogP contribution in [0.1, 0.15) is 5.69 Å². The maximum atomic E-state index is 11.7. The Morgan fingerprint density at radius 3 is 2.62 bits per heavy atom. The van der Waals surface area contributed by atoms with Crippen LogP contribution in [0.3, 0.4) is 0 Å². The lowest BCUT2D eigenvalue weighted by atomic mass is 9.95. The number of nitrogens with zero attached hydrogens (tertiary/aromatic N) is 2. The van der Waals surface area contributed by atoms with Crippen molar-refractivity contribution in [1.82, 2.24) is 20.4 Å². The van der Waals surface area contributed by atoms with Gasteiger partial charge in [-0.2, -0.15) is 5.10 Å². The summed E-state index contributed by atoms with van der Waals surface area (Å²) in [6, 6.07) is 1.12. The zero-order chi connectivity index (χ0) is 11.1. The van der Waals surface area contributed by atoms with E-state index in [0.29, 0.717) is 5.69 Å². The summed E-state index contributed by atoms with van der Waals surface area (Å²) in [6.45, 7) is -0.00981. The van der Waals surface area contributed by atoms with Gasteiger partial charge >= 0.3 is 6.03 Å². The van der Waals surface area contributed by atoms with Crippen LogP contribution >= 0.6 is 12.4 Å². The quantitative estimate of drug-likeness (QED) is 0.572. The molecule has 2 rings (SSSR count). The standard InChI is InChI=1S/C8H11N5O2.ClH/c1-13-5(2-3-10-13)8(4-9)6(14)11-7(15)12-8;/h2-3H,4,9H2,1H3,(H2,11,12,14,15);1H. The molecule has 1 unspecified atom stereocenters. The van der Waals surface area contributed by atoms with E-state index in [-0.39, 0.29) is 19.0 Å². The van der Waals surface area contributed by atoms with E-state index in [1.807, 2.05) is 0 Å². The number of carbonyl (C=O) groups is 2. The Labute approximate surface area is 97.8 Å². The summed E-state index contributed by atoms with van der Waals surface area (Å²) in [7, 11) is 1.69. The monoisotopic (exact) mass is 245 g/mol. The third kappa shape index (κ3) is 1.54. The molecule has 3 amide bonds. The van der Waals surface area contributed by atoms with E-state index in [4.69, 9.17) is 5.73 Å². The number of amides is 3. The number of rotatable bonds is 2. The molecule has 1 fully saturated rings. The minimum absolute atomic E-state index is 0. The SMILES string of the molecule is Cl.Cn1nccc1C1(CN)NC(=O)NC1=O. The second-order valence-corrected chi connectivity index (χ2v) is 3.36. The lowest BCUT2D eigenvalue weighted by Crippen LogP contribution is -2.51. The lowest BCUT2D eigenvalue weighted by Gasteiger charge is -2.23. The number of nitrogens with one attached hydrogen (secondary N) is 2. The molecule has 0 spiro atoms. The molecule has 7 nitrogen and oxygen atoms in total. The smallest absolute Gasteiger partial charge is 0.322 e. The maximum Gasteiger partial charge on any atom is 0.322 e. The largest absolute Gasteiger partial charge is 0.327 e. The minimum Gasteiger partial charge on any atom is -0.327 e. The van der Waals surface area contributed by atoms with E-state index in [0.717, 1.165) is 0 Å². The number of nitrogens with two attached hydrogens (primary N) is 1. The molecule has 0 bridgehead atoms. The van der Waals surface area contributed by atoms with Crippen LogP contribution in [-0.4, -0.2) is 28.3 Å². The number of halogens is 1. The van der Waals surface area contributed by atoms with Crippen molar-refractivity contribution in [3.05, 3.63) is 18.0 Å². The predicted octanol–water partition coefficient (Wildman–Crippen LogP) is -1.16. The van der Waals surface area contributed by atoms with Crippen molar-refractivity contribution >= 4 is 24.3 Å². The van der Waals surface area contributed by atoms with Gasteiger partial charge in [0.2, 0.25) is 0 Å². The average Bonchev–Trinajstić information content (AvgIpc) is 2.71. The van der Waals surface area contributed by atoms with Crippen molar-refractivity contribution in [1.29, 1.82) is 0 Å². The van der Waals surface area contributed by atoms with E-state index in [9.17, 15) is 9.59 Å². The Hall–Kier alpha value is -1.60. The predicted molar refractivity (Wildman–Crippen MR) is 57.9 cm³/mol. The van der Waals surface area contributed by atoms with E-state index >= 15 is 0 Å². The molecule has 1 saturated heterocycles. The Morgan fingerprint density at radius 2 is 2.25 bits per heavy atom. The van der Waals surface area contributed by atoms with Gasteiger partial charge in [-0.1, -0.05) is 0 Å². The Balaban J connectivity index is 0.00000128. The van der Waals surface area contributed by atoms with Crippen LogP contribution in [0.4, 0.5) is 4.79 Å². The molecule has 88 valence electrons. The second kappa shape index (κ2) is 4.11. The van der Waals surface area contributed by atoms with E-state index in [1.54, 1.807) is 19.3 Å². The number of imide groups is 1. The summed E-state index contributed by atoms with van der Waals surface area (Å²) in [5.74, 6) is -0.446. The topological polar surface area (TPSA) is 102 Å². The van der Waals surface area contributed by atoms with Gasteiger partial charge < -0.3 is 11.1 Å². The number of aromatic nitrogens is 2. The summed E-state index contributed by atoms with van der Waals surface area (Å²) >= 11 is 0. The number of carbonyl (C=O) groups excluding carboxylic acids is 2. The summed E-state index contributed by atoms with van der Waals surface area (Å²) < 4.78 is 1.51. The van der Waals surface area contributed by atoms with Crippen molar-refractivity contribution in [2.75, 3.05) is 6.54 Å². The molecule has 2 heterocycles. The van der Waals surface area contributed by atoms with Gasteiger partial charge in [0.05, 0.1) is 5.69 Å². The molecule has 1 aromatic heterocycles. The summed E-state index contributed by atoms with van der Waals surface area (Å²) in [5.41, 5.74) is 4.94. The zero-order valence-electron chi connectivity index (χ0n) is 8.56. The van der Waals surface area contributed by atoms with Crippen LogP contribution in [-0.2, 0) is 17.4 Å². The highest BCUT2D eigenvalue weighted by atomic mass is 35.5. The lowest BCUT2D eigenvalue weighted by molar-refractivity contribution is -0.124. The molecule has 1 atom stereocenters. The molecule has 1 aromatic rings. The first-order valence-corrected chi connectivity index (χ1v) is 4.42. The van der Waals surface area contributed by atoms with Crippen LogP contribution in [0.15, 0.2) is 12.3 Å². The van der Waals surface area contributed by atoms with Crippen molar-refractivity contribution in [2.45, 2.75) is 5.54 Å². The van der Waals surface area contributed by atoms with Crippen LogP contribution in [0.25, 0.3) is 0 Å². The Bertz CT molecular complexity index is 432. The van der Waals surface area contributed by atoms with Crippen LogP contribution in [0.2, 0.25) is 0 Å². The first-order chi connectivity index (χ1) is 7.10. The minimum atomic E-state index is -1.19. The zero-order valence-corrected chi connectivity index (χ0v) is 9.37. The van der Waals surface area contributed by atoms with Gasteiger partial charge in [-0.25, -0.2) is 4.79 Å². The molecule has 4 N–H and O–H groups in total. The van der Waals surface area contributed by atoms with Gasteiger partial charge in [-0.05, 0) is 6.07 Å². The summed E-state index contributed by atoms with van der Waals surface area (Å²) in [5, 5.41) is 8.63. The highest BCUT2D eigenvalue weighted by Gasteiger charge is 2.48. The van der Waals surface area contributed by atoms with Gasteiger partial charge in [0, 0.05) is 19.8 Å². The third-order valence-corrected chi connectivity index (χ3v) is 2.51. The fourth-order valence-electron chi connectivity index (χ4n) is 1.71. The van der Waals surface area contributed by atoms with Gasteiger partial charge in [-0.3, -0.25) is 14.8 Å². The van der Waals surface area contributed by atoms with Crippen LogP contribution < -0.4 is 16.4 Å². The van der Waals surface area contributed by atoms with Crippen molar-refractivity contribution in [3.63, 3.8) is 0 Å². The first kappa shape index (κ1) is 12.5. The number of hydrogen-bond acceptors (Lipinski definition) is 4. The molecule has 16 heavy (non-hydrogen) atoms. The fraction of sp³-hybridized carbons (Fsp3) is 0.375. The van der Waals surface area contributed by atoms with Gasteiger partial charge in [0.15, 0.2) is 5.54 Å². The molecule has 0 aliphatic carbocycles. The molecule has 0 radical (unpaired) electrons. The molecule has 1 aliphatic heterocycles. The van der Waals surface area contributed by atoms with Crippen molar-refractivity contribution in [3.8, 4) is 0 Å². The number of urea groups is 1. The third-order valence-electron chi connectivity index (χ3n) is 2.51.